The Morgan fingerprint density at radius 1 is 1.17 bits per heavy atom. The van der Waals surface area contributed by atoms with Crippen molar-refractivity contribution in [1.82, 2.24) is 23.8 Å². The number of halogens is 1. The number of sulfonamides is 1. The molecular weight excluding hydrogens is 458 g/mol. The molecule has 152 valence electrons. The average molecular weight is 478 g/mol. The fourth-order valence-corrected chi connectivity index (χ4v) is 5.27. The van der Waals surface area contributed by atoms with Crippen molar-refractivity contribution in [2.75, 3.05) is 19.6 Å². The van der Waals surface area contributed by atoms with Gasteiger partial charge < -0.3 is 4.90 Å². The summed E-state index contributed by atoms with van der Waals surface area (Å²) in [5.74, 6) is -0.199. The summed E-state index contributed by atoms with van der Waals surface area (Å²) in [5.41, 5.74) is 1.88. The predicted octanol–water partition coefficient (Wildman–Crippen LogP) is 2.34. The first-order valence-electron chi connectivity index (χ1n) is 9.14. The molecule has 0 aliphatic carbocycles. The smallest absolute Gasteiger partial charge is 0.259 e. The van der Waals surface area contributed by atoms with Gasteiger partial charge in [-0.05, 0) is 41.9 Å². The van der Waals surface area contributed by atoms with Gasteiger partial charge in [0.2, 0.25) is 10.0 Å². The number of aromatic nitrogens is 3. The van der Waals surface area contributed by atoms with E-state index in [2.05, 4.69) is 26.0 Å². The van der Waals surface area contributed by atoms with Crippen molar-refractivity contribution in [1.29, 1.82) is 0 Å². The standard InChI is InChI=1S/C19H20BrN5O3S/c1-13-3-5-16(6-4-13)29(27,28)23-7-8-24(14(2)11-23)19(26)17-10-22-25-12-15(20)9-21-18(17)25/h3-6,9-10,12,14H,7-8,11H2,1-2H3/t14-/m0/s1. The average Bonchev–Trinajstić information content (AvgIpc) is 3.10. The predicted molar refractivity (Wildman–Crippen MR) is 111 cm³/mol. The zero-order chi connectivity index (χ0) is 20.8. The summed E-state index contributed by atoms with van der Waals surface area (Å²) < 4.78 is 29.6. The Bertz CT molecular complexity index is 1180. The van der Waals surface area contributed by atoms with Crippen molar-refractivity contribution in [3.8, 4) is 0 Å². The first kappa shape index (κ1) is 20.0. The Balaban J connectivity index is 1.54. The zero-order valence-corrected chi connectivity index (χ0v) is 18.4. The topological polar surface area (TPSA) is 87.9 Å². The molecule has 29 heavy (non-hydrogen) atoms. The summed E-state index contributed by atoms with van der Waals surface area (Å²) >= 11 is 3.33. The summed E-state index contributed by atoms with van der Waals surface area (Å²) in [7, 11) is -3.59. The van der Waals surface area contributed by atoms with Crippen molar-refractivity contribution in [3.05, 3.63) is 58.5 Å². The first-order valence-corrected chi connectivity index (χ1v) is 11.4. The highest BCUT2D eigenvalue weighted by molar-refractivity contribution is 9.10. The van der Waals surface area contributed by atoms with Gasteiger partial charge in [-0.25, -0.2) is 17.9 Å². The lowest BCUT2D eigenvalue weighted by atomic mass is 10.2. The molecule has 0 radical (unpaired) electrons. The third-order valence-corrected chi connectivity index (χ3v) is 7.35. The summed E-state index contributed by atoms with van der Waals surface area (Å²) in [4.78, 5) is 19.3. The normalized spacial score (nSPS) is 18.3. The van der Waals surface area contributed by atoms with E-state index in [1.54, 1.807) is 46.1 Å². The van der Waals surface area contributed by atoms with Gasteiger partial charge in [-0.15, -0.1) is 0 Å². The van der Waals surface area contributed by atoms with Gasteiger partial charge in [0.1, 0.15) is 5.56 Å². The second-order valence-electron chi connectivity index (χ2n) is 7.12. The molecule has 1 atom stereocenters. The summed E-state index contributed by atoms with van der Waals surface area (Å²) in [5, 5.41) is 4.19. The van der Waals surface area contributed by atoms with Crippen LogP contribution >= 0.6 is 15.9 Å². The Hall–Kier alpha value is -2.30. The lowest BCUT2D eigenvalue weighted by molar-refractivity contribution is 0.0593. The van der Waals surface area contributed by atoms with Crippen molar-refractivity contribution >= 4 is 37.5 Å². The molecule has 8 nitrogen and oxygen atoms in total. The molecule has 0 N–H and O–H groups in total. The first-order chi connectivity index (χ1) is 13.8. The molecule has 1 aromatic carbocycles. The number of rotatable bonds is 3. The van der Waals surface area contributed by atoms with E-state index in [9.17, 15) is 13.2 Å². The van der Waals surface area contributed by atoms with Crippen molar-refractivity contribution < 1.29 is 13.2 Å². The number of amides is 1. The molecule has 0 saturated carbocycles. The monoisotopic (exact) mass is 477 g/mol. The minimum atomic E-state index is -3.59. The van der Waals surface area contributed by atoms with Crippen LogP contribution in [0.3, 0.4) is 0 Å². The maximum absolute atomic E-state index is 13.1. The van der Waals surface area contributed by atoms with Gasteiger partial charge in [0.15, 0.2) is 5.65 Å². The number of piperazine rings is 1. The number of benzene rings is 1. The second-order valence-corrected chi connectivity index (χ2v) is 9.98. The van der Waals surface area contributed by atoms with Crippen LogP contribution in [0.15, 0.2) is 52.2 Å². The van der Waals surface area contributed by atoms with Crippen molar-refractivity contribution in [2.45, 2.75) is 24.8 Å². The van der Waals surface area contributed by atoms with E-state index < -0.39 is 10.0 Å². The van der Waals surface area contributed by atoms with Gasteiger partial charge in [0.05, 0.1) is 15.6 Å². The molecule has 3 aromatic rings. The van der Waals surface area contributed by atoms with Gasteiger partial charge in [-0.1, -0.05) is 17.7 Å². The van der Waals surface area contributed by atoms with Gasteiger partial charge in [-0.2, -0.15) is 9.40 Å². The molecule has 1 amide bonds. The SMILES string of the molecule is Cc1ccc(S(=O)(=O)N2CCN(C(=O)c3cnn4cc(Br)cnc34)[C@@H](C)C2)cc1. The number of nitrogens with zero attached hydrogens (tertiary/aromatic N) is 5. The maximum Gasteiger partial charge on any atom is 0.259 e. The van der Waals surface area contributed by atoms with Crippen LogP contribution in [-0.2, 0) is 10.0 Å². The Morgan fingerprint density at radius 2 is 1.90 bits per heavy atom. The largest absolute Gasteiger partial charge is 0.333 e. The summed E-state index contributed by atoms with van der Waals surface area (Å²) in [6.45, 7) is 4.55. The van der Waals surface area contributed by atoms with Crippen LogP contribution < -0.4 is 0 Å². The molecule has 0 bridgehead atoms. The Morgan fingerprint density at radius 3 is 2.59 bits per heavy atom. The van der Waals surface area contributed by atoms with E-state index in [4.69, 9.17) is 0 Å². The fraction of sp³-hybridized carbons (Fsp3) is 0.316. The molecule has 10 heteroatoms. The van der Waals surface area contributed by atoms with Crippen LogP contribution in [-0.4, -0.2) is 63.8 Å². The van der Waals surface area contributed by atoms with Crippen LogP contribution in [0.2, 0.25) is 0 Å². The van der Waals surface area contributed by atoms with Crippen LogP contribution in [0.5, 0.6) is 0 Å². The van der Waals surface area contributed by atoms with E-state index in [0.717, 1.165) is 10.0 Å². The minimum absolute atomic E-state index is 0.199. The highest BCUT2D eigenvalue weighted by atomic mass is 79.9. The van der Waals surface area contributed by atoms with Crippen molar-refractivity contribution in [3.63, 3.8) is 0 Å². The van der Waals surface area contributed by atoms with E-state index >= 15 is 0 Å². The Kier molecular flexibility index (Phi) is 5.18. The lowest BCUT2D eigenvalue weighted by Crippen LogP contribution is -2.55. The number of hydrogen-bond acceptors (Lipinski definition) is 5. The third-order valence-electron chi connectivity index (χ3n) is 5.07. The highest BCUT2D eigenvalue weighted by Gasteiger charge is 2.35. The van der Waals surface area contributed by atoms with E-state index in [1.165, 1.54) is 10.5 Å². The molecule has 4 rings (SSSR count). The minimum Gasteiger partial charge on any atom is -0.333 e. The number of carbonyl (C=O) groups is 1. The molecule has 3 heterocycles. The van der Waals surface area contributed by atoms with Gasteiger partial charge in [0, 0.05) is 38.1 Å². The highest BCUT2D eigenvalue weighted by Crippen LogP contribution is 2.23. The van der Waals surface area contributed by atoms with E-state index in [1.807, 2.05) is 13.8 Å². The third kappa shape index (κ3) is 3.67. The van der Waals surface area contributed by atoms with Gasteiger partial charge in [0.25, 0.3) is 5.91 Å². The number of aryl methyl sites for hydroxylation is 1. The summed E-state index contributed by atoms with van der Waals surface area (Å²) in [6.07, 6.45) is 4.84. The lowest BCUT2D eigenvalue weighted by Gasteiger charge is -2.39. The van der Waals surface area contributed by atoms with Crippen molar-refractivity contribution in [2.24, 2.45) is 0 Å². The number of carbonyl (C=O) groups excluding carboxylic acids is 1. The van der Waals surface area contributed by atoms with Crippen LogP contribution in [0, 0.1) is 6.92 Å². The van der Waals surface area contributed by atoms with Crippen LogP contribution in [0.4, 0.5) is 0 Å². The van der Waals surface area contributed by atoms with Crippen LogP contribution in [0.25, 0.3) is 5.65 Å². The zero-order valence-electron chi connectivity index (χ0n) is 16.0. The van der Waals surface area contributed by atoms with E-state index in [-0.39, 0.29) is 29.9 Å². The molecule has 2 aromatic heterocycles. The van der Waals surface area contributed by atoms with Gasteiger partial charge >= 0.3 is 0 Å². The molecule has 0 spiro atoms. The van der Waals surface area contributed by atoms with Gasteiger partial charge in [-0.3, -0.25) is 4.79 Å². The quantitative estimate of drug-likeness (QED) is 0.577. The second kappa shape index (κ2) is 7.51. The van der Waals surface area contributed by atoms with E-state index in [0.29, 0.717) is 17.8 Å². The Labute approximate surface area is 177 Å². The fourth-order valence-electron chi connectivity index (χ4n) is 3.46. The molecule has 1 aliphatic heterocycles. The molecule has 1 aliphatic rings. The molecule has 1 saturated heterocycles. The molecule has 0 unspecified atom stereocenters. The van der Waals surface area contributed by atoms with Crippen LogP contribution in [0.1, 0.15) is 22.8 Å². The summed E-state index contributed by atoms with van der Waals surface area (Å²) in [6, 6.07) is 6.53. The molecule has 1 fully saturated rings. The number of fused-ring (bicyclic) bond motifs is 1. The maximum atomic E-state index is 13.1. The number of hydrogen-bond donors (Lipinski definition) is 0. The molecular formula is C19H20BrN5O3S.